The van der Waals surface area contributed by atoms with E-state index in [0.29, 0.717) is 46.9 Å². The number of para-hydroxylation sites is 1. The first-order valence-electron chi connectivity index (χ1n) is 8.72. The molecule has 9 heteroatoms. The molecular weight excluding hydrogens is 400 g/mol. The molecule has 2 aromatic carbocycles. The molecular formula is C20H19F2N3O3S. The molecule has 29 heavy (non-hydrogen) atoms. The summed E-state index contributed by atoms with van der Waals surface area (Å²) in [4.78, 5) is 16.8. The fourth-order valence-electron chi connectivity index (χ4n) is 2.53. The summed E-state index contributed by atoms with van der Waals surface area (Å²) in [6, 6.07) is 13.2. The third-order valence-corrected chi connectivity index (χ3v) is 4.69. The number of aromatic nitrogens is 1. The lowest BCUT2D eigenvalue weighted by molar-refractivity contribution is 0.251. The van der Waals surface area contributed by atoms with Gasteiger partial charge in [0.25, 0.3) is 5.76 Å². The number of halogens is 2. The summed E-state index contributed by atoms with van der Waals surface area (Å²) in [5, 5.41) is 5.26. The van der Waals surface area contributed by atoms with Gasteiger partial charge in [-0.2, -0.15) is 8.78 Å². The number of carbonyl (C=O) groups is 1. The van der Waals surface area contributed by atoms with Crippen molar-refractivity contribution in [2.75, 3.05) is 19.0 Å². The smallest absolute Gasteiger partial charge is 0.319 e. The van der Waals surface area contributed by atoms with Crippen LogP contribution in [0, 0.1) is 0 Å². The van der Waals surface area contributed by atoms with E-state index >= 15 is 0 Å². The van der Waals surface area contributed by atoms with Crippen molar-refractivity contribution in [2.45, 2.75) is 17.1 Å². The molecule has 0 bridgehead atoms. The fraction of sp³-hybridized carbons (Fsp3) is 0.200. The number of alkyl halides is 2. The van der Waals surface area contributed by atoms with Gasteiger partial charge in [-0.05, 0) is 36.4 Å². The highest BCUT2D eigenvalue weighted by molar-refractivity contribution is 7.99. The zero-order chi connectivity index (χ0) is 20.6. The van der Waals surface area contributed by atoms with E-state index in [2.05, 4.69) is 15.6 Å². The monoisotopic (exact) mass is 419 g/mol. The van der Waals surface area contributed by atoms with E-state index in [1.54, 1.807) is 25.3 Å². The lowest BCUT2D eigenvalue weighted by Crippen LogP contribution is -2.30. The third-order valence-electron chi connectivity index (χ3n) is 3.91. The molecule has 0 saturated carbocycles. The maximum Gasteiger partial charge on any atom is 0.319 e. The number of methoxy groups -OCH3 is 1. The Labute approximate surface area is 170 Å². The van der Waals surface area contributed by atoms with Gasteiger partial charge in [0.05, 0.1) is 18.5 Å². The van der Waals surface area contributed by atoms with Crippen LogP contribution in [0.5, 0.6) is 5.75 Å². The first-order valence-corrected chi connectivity index (χ1v) is 9.60. The number of amides is 2. The molecule has 0 aliphatic carbocycles. The minimum atomic E-state index is -2.56. The first-order chi connectivity index (χ1) is 14.0. The van der Waals surface area contributed by atoms with Crippen LogP contribution in [-0.2, 0) is 6.42 Å². The predicted octanol–water partition coefficient (Wildman–Crippen LogP) is 5.03. The highest BCUT2D eigenvalue weighted by atomic mass is 32.2. The van der Waals surface area contributed by atoms with E-state index in [4.69, 9.17) is 9.15 Å². The average Bonchev–Trinajstić information content (AvgIpc) is 3.18. The van der Waals surface area contributed by atoms with Crippen LogP contribution in [0.3, 0.4) is 0 Å². The van der Waals surface area contributed by atoms with Crippen LogP contribution < -0.4 is 15.4 Å². The summed E-state index contributed by atoms with van der Waals surface area (Å²) in [5.41, 5.74) is 1.83. The van der Waals surface area contributed by atoms with E-state index in [-0.39, 0.29) is 0 Å². The van der Waals surface area contributed by atoms with Crippen molar-refractivity contribution in [1.82, 2.24) is 10.3 Å². The molecule has 3 aromatic rings. The highest BCUT2D eigenvalue weighted by Crippen LogP contribution is 2.31. The molecule has 2 amide bonds. The molecule has 0 atom stereocenters. The number of hydrogen-bond donors (Lipinski definition) is 2. The van der Waals surface area contributed by atoms with Gasteiger partial charge in [0.15, 0.2) is 0 Å². The van der Waals surface area contributed by atoms with Gasteiger partial charge in [-0.1, -0.05) is 23.9 Å². The van der Waals surface area contributed by atoms with Crippen LogP contribution in [0.4, 0.5) is 19.3 Å². The normalized spacial score (nSPS) is 10.8. The molecule has 0 unspecified atom stereocenters. The second-order valence-electron chi connectivity index (χ2n) is 5.88. The topological polar surface area (TPSA) is 76.4 Å². The average molecular weight is 419 g/mol. The number of urea groups is 1. The fourth-order valence-corrected chi connectivity index (χ4v) is 3.12. The molecule has 0 saturated heterocycles. The van der Waals surface area contributed by atoms with Crippen LogP contribution in [0.1, 0.15) is 5.69 Å². The summed E-state index contributed by atoms with van der Waals surface area (Å²) in [5.74, 6) is -1.35. The quantitative estimate of drug-likeness (QED) is 0.501. The Hall–Kier alpha value is -3.07. The van der Waals surface area contributed by atoms with Gasteiger partial charge in [-0.3, -0.25) is 0 Å². The van der Waals surface area contributed by atoms with E-state index < -0.39 is 11.8 Å². The molecule has 0 fully saturated rings. The van der Waals surface area contributed by atoms with Crippen molar-refractivity contribution in [2.24, 2.45) is 0 Å². The van der Waals surface area contributed by atoms with Crippen molar-refractivity contribution in [3.05, 3.63) is 60.5 Å². The highest BCUT2D eigenvalue weighted by Gasteiger charge is 2.12. The number of anilines is 1. The summed E-state index contributed by atoms with van der Waals surface area (Å²) >= 11 is 0.385. The number of carbonyl (C=O) groups excluding carboxylic acids is 1. The Bertz CT molecular complexity index is 948. The van der Waals surface area contributed by atoms with Crippen LogP contribution >= 0.6 is 11.8 Å². The van der Waals surface area contributed by atoms with Crippen molar-refractivity contribution in [1.29, 1.82) is 0 Å². The van der Waals surface area contributed by atoms with Gasteiger partial charge in [0.1, 0.15) is 12.0 Å². The minimum Gasteiger partial charge on any atom is -0.497 e. The summed E-state index contributed by atoms with van der Waals surface area (Å²) in [6.45, 7) is 0.310. The molecule has 152 valence electrons. The molecule has 6 nitrogen and oxygen atoms in total. The van der Waals surface area contributed by atoms with Crippen molar-refractivity contribution in [3.63, 3.8) is 0 Å². The van der Waals surface area contributed by atoms with Gasteiger partial charge in [-0.25, -0.2) is 9.78 Å². The van der Waals surface area contributed by atoms with Crippen LogP contribution in [-0.4, -0.2) is 30.4 Å². The first kappa shape index (κ1) is 20.7. The zero-order valence-corrected chi connectivity index (χ0v) is 16.3. The lowest BCUT2D eigenvalue weighted by Gasteiger charge is -2.11. The SMILES string of the molecule is COc1ccc(-c2nc(CCNC(=O)Nc3ccccc3SC(F)F)co2)cc1. The number of benzene rings is 2. The van der Waals surface area contributed by atoms with Crippen LogP contribution in [0.2, 0.25) is 0 Å². The van der Waals surface area contributed by atoms with Crippen molar-refractivity contribution >= 4 is 23.5 Å². The Morgan fingerprint density at radius 2 is 1.97 bits per heavy atom. The molecule has 0 radical (unpaired) electrons. The molecule has 3 rings (SSSR count). The maximum absolute atomic E-state index is 12.6. The molecule has 1 aromatic heterocycles. The standard InChI is InChI=1S/C20H19F2N3O3S/c1-27-15-8-6-13(7-9-15)18-24-14(12-28-18)10-11-23-20(26)25-16-4-2-3-5-17(16)29-19(21)22/h2-9,12,19H,10-11H2,1H3,(H2,23,25,26). The van der Waals surface area contributed by atoms with E-state index in [1.165, 1.54) is 12.3 Å². The Kier molecular flexibility index (Phi) is 7.07. The van der Waals surface area contributed by atoms with Crippen molar-refractivity contribution < 1.29 is 22.7 Å². The van der Waals surface area contributed by atoms with Crippen LogP contribution in [0.15, 0.2) is 64.1 Å². The van der Waals surface area contributed by atoms with E-state index in [0.717, 1.165) is 11.3 Å². The minimum absolute atomic E-state index is 0.304. The van der Waals surface area contributed by atoms with Crippen LogP contribution in [0.25, 0.3) is 11.5 Å². The molecule has 2 N–H and O–H groups in total. The second kappa shape index (κ2) is 9.92. The number of oxazole rings is 1. The van der Waals surface area contributed by atoms with Crippen molar-refractivity contribution in [3.8, 4) is 17.2 Å². The second-order valence-corrected chi connectivity index (χ2v) is 6.91. The third kappa shape index (κ3) is 5.95. The Morgan fingerprint density at radius 3 is 2.69 bits per heavy atom. The van der Waals surface area contributed by atoms with Gasteiger partial charge >= 0.3 is 6.03 Å². The summed E-state index contributed by atoms with van der Waals surface area (Å²) in [6.07, 6.45) is 1.99. The van der Waals surface area contributed by atoms with Gasteiger partial charge < -0.3 is 19.8 Å². The summed E-state index contributed by atoms with van der Waals surface area (Å²) in [7, 11) is 1.59. The van der Waals surface area contributed by atoms with Gasteiger partial charge in [0, 0.05) is 23.4 Å². The summed E-state index contributed by atoms with van der Waals surface area (Å²) < 4.78 is 35.8. The Balaban J connectivity index is 1.50. The molecule has 0 spiro atoms. The largest absolute Gasteiger partial charge is 0.497 e. The Morgan fingerprint density at radius 1 is 1.21 bits per heavy atom. The number of nitrogens with one attached hydrogen (secondary N) is 2. The molecule has 0 aliphatic rings. The number of nitrogens with zero attached hydrogens (tertiary/aromatic N) is 1. The van der Waals surface area contributed by atoms with Gasteiger partial charge in [-0.15, -0.1) is 0 Å². The number of hydrogen-bond acceptors (Lipinski definition) is 5. The molecule has 0 aliphatic heterocycles. The number of thioether (sulfide) groups is 1. The predicted molar refractivity (Wildman–Crippen MR) is 108 cm³/mol. The number of rotatable bonds is 8. The zero-order valence-electron chi connectivity index (χ0n) is 15.5. The maximum atomic E-state index is 12.6. The number of ether oxygens (including phenoxy) is 1. The molecule has 1 heterocycles. The van der Waals surface area contributed by atoms with E-state index in [9.17, 15) is 13.6 Å². The van der Waals surface area contributed by atoms with E-state index in [1.807, 2.05) is 24.3 Å². The van der Waals surface area contributed by atoms with Gasteiger partial charge in [0.2, 0.25) is 5.89 Å². The lowest BCUT2D eigenvalue weighted by atomic mass is 10.2.